The van der Waals surface area contributed by atoms with Crippen LogP contribution < -0.4 is 20.1 Å². The smallest absolute Gasteiger partial charge is 0.262 e. The number of benzene rings is 2. The van der Waals surface area contributed by atoms with Crippen LogP contribution in [-0.4, -0.2) is 26.5 Å². The van der Waals surface area contributed by atoms with E-state index in [0.717, 1.165) is 0 Å². The number of aryl methyl sites for hydroxylation is 1. The van der Waals surface area contributed by atoms with Crippen molar-refractivity contribution in [1.82, 2.24) is 5.32 Å². The van der Waals surface area contributed by atoms with Crippen molar-refractivity contribution in [2.24, 2.45) is 0 Å². The third-order valence-corrected chi connectivity index (χ3v) is 5.09. The number of hydrogen-bond donors (Lipinski definition) is 3. The zero-order chi connectivity index (χ0) is 19.3. The molecule has 0 heterocycles. The molecule has 0 aliphatic rings. The molecule has 0 saturated carbocycles. The van der Waals surface area contributed by atoms with Crippen LogP contribution in [0.4, 0.5) is 11.4 Å². The summed E-state index contributed by atoms with van der Waals surface area (Å²) in [5.41, 5.74) is 1.43. The number of amides is 1. The number of carbonyl (C=O) groups is 1. The van der Waals surface area contributed by atoms with Gasteiger partial charge >= 0.3 is 0 Å². The first-order valence-corrected chi connectivity index (χ1v) is 9.46. The molecule has 3 N–H and O–H groups in total. The van der Waals surface area contributed by atoms with Gasteiger partial charge < -0.3 is 15.4 Å². The molecular weight excluding hydrogens is 374 g/mol. The van der Waals surface area contributed by atoms with Crippen LogP contribution in [0.2, 0.25) is 0 Å². The molecule has 0 bridgehead atoms. The van der Waals surface area contributed by atoms with Gasteiger partial charge in [-0.25, -0.2) is 8.42 Å². The summed E-state index contributed by atoms with van der Waals surface area (Å²) in [5, 5.41) is 5.29. The molecule has 0 saturated heterocycles. The molecule has 138 valence electrons. The van der Waals surface area contributed by atoms with Gasteiger partial charge in [0.05, 0.1) is 12.0 Å². The normalized spacial score (nSPS) is 10.7. The molecule has 0 fully saturated rings. The Kier molecular flexibility index (Phi) is 6.17. The summed E-state index contributed by atoms with van der Waals surface area (Å²) in [5.74, 6) is 0.311. The highest BCUT2D eigenvalue weighted by atomic mass is 32.2. The summed E-state index contributed by atoms with van der Waals surface area (Å²) >= 11 is 4.99. The molecule has 2 aromatic carbocycles. The van der Waals surface area contributed by atoms with Crippen LogP contribution in [0.15, 0.2) is 47.4 Å². The minimum absolute atomic E-state index is 0.0906. The predicted molar refractivity (Wildman–Crippen MR) is 105 cm³/mol. The van der Waals surface area contributed by atoms with Crippen molar-refractivity contribution in [3.63, 3.8) is 0 Å². The number of thiocarbonyl (C=S) groups is 1. The lowest BCUT2D eigenvalue weighted by molar-refractivity contribution is -0.117. The van der Waals surface area contributed by atoms with E-state index in [1.807, 2.05) is 0 Å². The van der Waals surface area contributed by atoms with Crippen molar-refractivity contribution < 1.29 is 17.9 Å². The Balaban J connectivity index is 2.25. The van der Waals surface area contributed by atoms with Crippen molar-refractivity contribution in [2.75, 3.05) is 17.1 Å². The van der Waals surface area contributed by atoms with E-state index in [2.05, 4.69) is 15.4 Å². The van der Waals surface area contributed by atoms with Crippen molar-refractivity contribution >= 4 is 44.6 Å². The minimum Gasteiger partial charge on any atom is -0.497 e. The van der Waals surface area contributed by atoms with Gasteiger partial charge in [0.2, 0.25) is 5.91 Å². The number of rotatable bonds is 5. The summed E-state index contributed by atoms with van der Waals surface area (Å²) < 4.78 is 33.0. The fourth-order valence-corrected chi connectivity index (χ4v) is 3.75. The van der Waals surface area contributed by atoms with Crippen LogP contribution in [-0.2, 0) is 14.8 Å². The van der Waals surface area contributed by atoms with Gasteiger partial charge in [0, 0.05) is 18.3 Å². The molecule has 9 heteroatoms. The van der Waals surface area contributed by atoms with Crippen LogP contribution in [0.3, 0.4) is 0 Å². The zero-order valence-electron chi connectivity index (χ0n) is 14.5. The quantitative estimate of drug-likeness (QED) is 0.676. The number of carbonyl (C=O) groups excluding carboxylic acids is 1. The fraction of sp³-hybridized carbons (Fsp3) is 0.176. The SMILES string of the molecule is COc1ccc(NS(=O)(=O)c2cc(NC(=S)NC(C)=O)ccc2C)cc1. The lowest BCUT2D eigenvalue weighted by Gasteiger charge is -2.14. The average Bonchev–Trinajstić information content (AvgIpc) is 2.56. The largest absolute Gasteiger partial charge is 0.497 e. The summed E-state index contributed by atoms with van der Waals surface area (Å²) in [4.78, 5) is 11.1. The van der Waals surface area contributed by atoms with E-state index >= 15 is 0 Å². The summed E-state index contributed by atoms with van der Waals surface area (Å²) in [6.07, 6.45) is 0. The first-order valence-electron chi connectivity index (χ1n) is 7.57. The Morgan fingerprint density at radius 1 is 1.08 bits per heavy atom. The summed E-state index contributed by atoms with van der Waals surface area (Å²) in [6.45, 7) is 3.02. The van der Waals surface area contributed by atoms with Crippen molar-refractivity contribution in [2.45, 2.75) is 18.7 Å². The molecule has 26 heavy (non-hydrogen) atoms. The average molecular weight is 393 g/mol. The Morgan fingerprint density at radius 3 is 2.27 bits per heavy atom. The predicted octanol–water partition coefficient (Wildman–Crippen LogP) is 2.64. The highest BCUT2D eigenvalue weighted by Gasteiger charge is 2.18. The van der Waals surface area contributed by atoms with Crippen LogP contribution in [0.5, 0.6) is 5.75 Å². The highest BCUT2D eigenvalue weighted by Crippen LogP contribution is 2.24. The van der Waals surface area contributed by atoms with E-state index in [0.29, 0.717) is 22.7 Å². The van der Waals surface area contributed by atoms with Gasteiger partial charge in [0.25, 0.3) is 10.0 Å². The number of ether oxygens (including phenoxy) is 1. The van der Waals surface area contributed by atoms with Gasteiger partial charge in [0.15, 0.2) is 5.11 Å². The van der Waals surface area contributed by atoms with E-state index in [1.165, 1.54) is 20.1 Å². The number of anilines is 2. The standard InChI is InChI=1S/C17H19N3O4S2/c1-11-4-5-14(19-17(25)18-12(2)21)10-16(11)26(22,23)20-13-6-8-15(24-3)9-7-13/h4-10,20H,1-3H3,(H2,18,19,21,25). The van der Waals surface area contributed by atoms with E-state index < -0.39 is 10.0 Å². The number of nitrogens with one attached hydrogen (secondary N) is 3. The topological polar surface area (TPSA) is 96.5 Å². The van der Waals surface area contributed by atoms with E-state index in [-0.39, 0.29) is 15.9 Å². The van der Waals surface area contributed by atoms with Gasteiger partial charge in [-0.2, -0.15) is 0 Å². The third kappa shape index (κ3) is 5.17. The molecule has 0 radical (unpaired) electrons. The Hall–Kier alpha value is -2.65. The summed E-state index contributed by atoms with van der Waals surface area (Å²) in [7, 11) is -2.27. The van der Waals surface area contributed by atoms with E-state index in [1.54, 1.807) is 43.3 Å². The molecule has 2 aromatic rings. The van der Waals surface area contributed by atoms with Crippen molar-refractivity contribution in [1.29, 1.82) is 0 Å². The van der Waals surface area contributed by atoms with Gasteiger partial charge in [-0.05, 0) is 61.1 Å². The zero-order valence-corrected chi connectivity index (χ0v) is 16.1. The second-order valence-electron chi connectivity index (χ2n) is 5.45. The molecule has 0 unspecified atom stereocenters. The monoisotopic (exact) mass is 393 g/mol. The van der Waals surface area contributed by atoms with Gasteiger partial charge in [-0.1, -0.05) is 6.07 Å². The number of methoxy groups -OCH3 is 1. The Labute approximate surface area is 157 Å². The van der Waals surface area contributed by atoms with Crippen LogP contribution in [0, 0.1) is 6.92 Å². The number of hydrogen-bond acceptors (Lipinski definition) is 5. The van der Waals surface area contributed by atoms with Crippen LogP contribution in [0.1, 0.15) is 12.5 Å². The molecule has 0 aromatic heterocycles. The maximum Gasteiger partial charge on any atom is 0.262 e. The molecule has 7 nitrogen and oxygen atoms in total. The van der Waals surface area contributed by atoms with Gasteiger partial charge in [-0.3, -0.25) is 9.52 Å². The first kappa shape index (κ1) is 19.7. The second-order valence-corrected chi connectivity index (χ2v) is 7.51. The fourth-order valence-electron chi connectivity index (χ4n) is 2.16. The maximum atomic E-state index is 12.7. The molecular formula is C17H19N3O4S2. The van der Waals surface area contributed by atoms with Gasteiger partial charge in [-0.15, -0.1) is 0 Å². The lowest BCUT2D eigenvalue weighted by Crippen LogP contribution is -2.32. The Bertz CT molecular complexity index is 926. The molecule has 0 atom stereocenters. The first-order chi connectivity index (χ1) is 12.2. The summed E-state index contributed by atoms with van der Waals surface area (Å²) in [6, 6.07) is 11.3. The molecule has 0 aliphatic carbocycles. The molecule has 0 aliphatic heterocycles. The number of sulfonamides is 1. The van der Waals surface area contributed by atoms with Crippen molar-refractivity contribution in [3.05, 3.63) is 48.0 Å². The second kappa shape index (κ2) is 8.15. The molecule has 1 amide bonds. The Morgan fingerprint density at radius 2 is 1.69 bits per heavy atom. The minimum atomic E-state index is -3.81. The van der Waals surface area contributed by atoms with Crippen molar-refractivity contribution in [3.8, 4) is 5.75 Å². The molecule has 2 rings (SSSR count). The third-order valence-electron chi connectivity index (χ3n) is 3.37. The van der Waals surface area contributed by atoms with Gasteiger partial charge in [0.1, 0.15) is 5.75 Å². The van der Waals surface area contributed by atoms with Crippen LogP contribution in [0.25, 0.3) is 0 Å². The lowest BCUT2D eigenvalue weighted by atomic mass is 10.2. The van der Waals surface area contributed by atoms with E-state index in [9.17, 15) is 13.2 Å². The molecule has 0 spiro atoms. The maximum absolute atomic E-state index is 12.7. The van der Waals surface area contributed by atoms with E-state index in [4.69, 9.17) is 17.0 Å². The highest BCUT2D eigenvalue weighted by molar-refractivity contribution is 7.92. The van der Waals surface area contributed by atoms with Crippen LogP contribution >= 0.6 is 12.2 Å².